The van der Waals surface area contributed by atoms with Crippen molar-refractivity contribution < 1.29 is 0 Å². The van der Waals surface area contributed by atoms with Gasteiger partial charge in [0.2, 0.25) is 0 Å². The zero-order valence-corrected chi connectivity index (χ0v) is 15.9. The summed E-state index contributed by atoms with van der Waals surface area (Å²) in [5, 5.41) is 9.07. The van der Waals surface area contributed by atoms with Crippen molar-refractivity contribution in [3.63, 3.8) is 0 Å². The topological polar surface area (TPSA) is 30.7 Å². The van der Waals surface area contributed by atoms with Crippen LogP contribution in [-0.4, -0.2) is 15.0 Å². The Labute approximate surface area is 160 Å². The second kappa shape index (κ2) is 6.84. The Morgan fingerprint density at radius 3 is 2.00 bits per heavy atom. The molecule has 0 aliphatic carbocycles. The minimum Gasteiger partial charge on any atom is -0.212 e. The van der Waals surface area contributed by atoms with E-state index in [1.807, 2.05) is 41.1 Å². The van der Waals surface area contributed by atoms with Crippen LogP contribution in [-0.2, 0) is 5.41 Å². The molecule has 4 aromatic rings. The van der Waals surface area contributed by atoms with Gasteiger partial charge in [0.25, 0.3) is 0 Å². The molecule has 3 aromatic carbocycles. The molecule has 0 spiro atoms. The van der Waals surface area contributed by atoms with Gasteiger partial charge in [-0.2, -0.15) is 0 Å². The van der Waals surface area contributed by atoms with Crippen LogP contribution in [0.1, 0.15) is 26.3 Å². The van der Waals surface area contributed by atoms with Crippen LogP contribution in [0.25, 0.3) is 28.2 Å². The van der Waals surface area contributed by atoms with E-state index in [2.05, 4.69) is 79.6 Å². The smallest absolute Gasteiger partial charge is 0.121 e. The molecule has 0 aliphatic rings. The number of benzene rings is 3. The monoisotopic (exact) mass is 353 g/mol. The van der Waals surface area contributed by atoms with E-state index in [0.717, 1.165) is 28.2 Å². The van der Waals surface area contributed by atoms with Crippen molar-refractivity contribution in [1.82, 2.24) is 15.0 Å². The average molecular weight is 353 g/mol. The van der Waals surface area contributed by atoms with E-state index in [4.69, 9.17) is 0 Å². The molecule has 134 valence electrons. The van der Waals surface area contributed by atoms with Gasteiger partial charge in [-0.3, -0.25) is 0 Å². The number of para-hydroxylation sites is 1. The van der Waals surface area contributed by atoms with Crippen LogP contribution >= 0.6 is 0 Å². The fraction of sp³-hybridized carbons (Fsp3) is 0.167. The van der Waals surface area contributed by atoms with Gasteiger partial charge >= 0.3 is 0 Å². The number of hydrogen-bond donors (Lipinski definition) is 0. The van der Waals surface area contributed by atoms with Crippen molar-refractivity contribution in [2.24, 2.45) is 0 Å². The van der Waals surface area contributed by atoms with Gasteiger partial charge in [0, 0.05) is 11.1 Å². The van der Waals surface area contributed by atoms with Crippen molar-refractivity contribution in [3.05, 3.63) is 90.5 Å². The summed E-state index contributed by atoms with van der Waals surface area (Å²) in [4.78, 5) is 0. The van der Waals surface area contributed by atoms with E-state index in [-0.39, 0.29) is 5.41 Å². The molecule has 1 aromatic heterocycles. The van der Waals surface area contributed by atoms with Gasteiger partial charge in [-0.15, -0.1) is 5.10 Å². The first-order chi connectivity index (χ1) is 13.0. The van der Waals surface area contributed by atoms with E-state index in [1.54, 1.807) is 0 Å². The molecule has 0 N–H and O–H groups in total. The quantitative estimate of drug-likeness (QED) is 0.459. The minimum absolute atomic E-state index is 0.0817. The van der Waals surface area contributed by atoms with Crippen molar-refractivity contribution in [3.8, 4) is 28.2 Å². The highest BCUT2D eigenvalue weighted by molar-refractivity contribution is 5.79. The minimum atomic E-state index is 0.0817. The third kappa shape index (κ3) is 3.41. The third-order valence-electron chi connectivity index (χ3n) is 4.72. The van der Waals surface area contributed by atoms with E-state index in [9.17, 15) is 0 Å². The molecule has 0 radical (unpaired) electrons. The van der Waals surface area contributed by atoms with Crippen molar-refractivity contribution >= 4 is 0 Å². The second-order valence-corrected chi connectivity index (χ2v) is 7.73. The molecule has 0 fully saturated rings. The van der Waals surface area contributed by atoms with E-state index < -0.39 is 0 Å². The molecule has 1 heterocycles. The second-order valence-electron chi connectivity index (χ2n) is 7.73. The van der Waals surface area contributed by atoms with Gasteiger partial charge in [-0.05, 0) is 29.2 Å². The highest BCUT2D eigenvalue weighted by Crippen LogP contribution is 2.34. The van der Waals surface area contributed by atoms with Crippen molar-refractivity contribution in [2.45, 2.75) is 26.2 Å². The summed E-state index contributed by atoms with van der Waals surface area (Å²) in [6, 6.07) is 29.1. The molecule has 4 rings (SSSR count). The first kappa shape index (κ1) is 17.2. The highest BCUT2D eigenvalue weighted by atomic mass is 15.4. The maximum absolute atomic E-state index is 4.58. The molecule has 0 bridgehead atoms. The Balaban J connectivity index is 1.94. The summed E-state index contributed by atoms with van der Waals surface area (Å²) in [6.45, 7) is 6.68. The fourth-order valence-corrected chi connectivity index (χ4v) is 3.21. The van der Waals surface area contributed by atoms with Gasteiger partial charge in [0.1, 0.15) is 11.4 Å². The summed E-state index contributed by atoms with van der Waals surface area (Å²) < 4.78 is 1.93. The molecule has 27 heavy (non-hydrogen) atoms. The summed E-state index contributed by atoms with van der Waals surface area (Å²) in [5.74, 6) is 0. The zero-order valence-electron chi connectivity index (χ0n) is 15.9. The van der Waals surface area contributed by atoms with E-state index in [0.29, 0.717) is 0 Å². The summed E-state index contributed by atoms with van der Waals surface area (Å²) >= 11 is 0. The highest BCUT2D eigenvalue weighted by Gasteiger charge is 2.20. The maximum atomic E-state index is 4.58. The fourth-order valence-electron chi connectivity index (χ4n) is 3.21. The molecule has 3 nitrogen and oxygen atoms in total. The van der Waals surface area contributed by atoms with Crippen LogP contribution in [0.5, 0.6) is 0 Å². The summed E-state index contributed by atoms with van der Waals surface area (Å²) in [6.07, 6.45) is 0. The summed E-state index contributed by atoms with van der Waals surface area (Å²) in [7, 11) is 0. The van der Waals surface area contributed by atoms with E-state index in [1.165, 1.54) is 5.56 Å². The van der Waals surface area contributed by atoms with Crippen LogP contribution < -0.4 is 0 Å². The number of rotatable bonds is 3. The molecule has 0 saturated heterocycles. The standard InChI is InChI=1S/C24H23N3/c1-24(2,3)20-14-10-13-19(17-20)22-23(18-11-6-4-7-12-18)27(26-25-22)21-15-8-5-9-16-21/h4-17H,1-3H3. The SMILES string of the molecule is CC(C)(C)c1cccc(-c2nnn(-c3ccccc3)c2-c2ccccc2)c1. The van der Waals surface area contributed by atoms with E-state index >= 15 is 0 Å². The Kier molecular flexibility index (Phi) is 4.36. The lowest BCUT2D eigenvalue weighted by Crippen LogP contribution is -2.10. The van der Waals surface area contributed by atoms with Crippen molar-refractivity contribution in [1.29, 1.82) is 0 Å². The Morgan fingerprint density at radius 2 is 1.33 bits per heavy atom. The van der Waals surface area contributed by atoms with Gasteiger partial charge < -0.3 is 0 Å². The molecule has 3 heteroatoms. The summed E-state index contributed by atoms with van der Waals surface area (Å²) in [5.41, 5.74) is 6.46. The van der Waals surface area contributed by atoms with Gasteiger partial charge in [-0.1, -0.05) is 92.7 Å². The zero-order chi connectivity index (χ0) is 18.9. The van der Waals surface area contributed by atoms with Crippen LogP contribution in [0.15, 0.2) is 84.9 Å². The van der Waals surface area contributed by atoms with Gasteiger partial charge in [0.15, 0.2) is 0 Å². The molecule has 0 amide bonds. The Hall–Kier alpha value is -3.20. The largest absolute Gasteiger partial charge is 0.212 e. The number of nitrogens with zero attached hydrogens (tertiary/aromatic N) is 3. The number of hydrogen-bond acceptors (Lipinski definition) is 2. The first-order valence-electron chi connectivity index (χ1n) is 9.21. The van der Waals surface area contributed by atoms with Gasteiger partial charge in [-0.25, -0.2) is 4.68 Å². The van der Waals surface area contributed by atoms with Crippen LogP contribution in [0.4, 0.5) is 0 Å². The third-order valence-corrected chi connectivity index (χ3v) is 4.72. The molecular formula is C24H23N3. The average Bonchev–Trinajstić information content (AvgIpc) is 3.14. The molecule has 0 unspecified atom stereocenters. The van der Waals surface area contributed by atoms with Crippen LogP contribution in [0, 0.1) is 0 Å². The predicted octanol–water partition coefficient (Wildman–Crippen LogP) is 5.90. The van der Waals surface area contributed by atoms with Crippen LogP contribution in [0.2, 0.25) is 0 Å². The normalized spacial score (nSPS) is 11.5. The Morgan fingerprint density at radius 1 is 0.704 bits per heavy atom. The molecule has 0 saturated carbocycles. The maximum Gasteiger partial charge on any atom is 0.121 e. The first-order valence-corrected chi connectivity index (χ1v) is 9.21. The molecular weight excluding hydrogens is 330 g/mol. The van der Waals surface area contributed by atoms with Gasteiger partial charge in [0.05, 0.1) is 5.69 Å². The molecule has 0 atom stereocenters. The predicted molar refractivity (Wildman–Crippen MR) is 111 cm³/mol. The Bertz CT molecular complexity index is 1040. The number of aromatic nitrogens is 3. The molecule has 0 aliphatic heterocycles. The lowest BCUT2D eigenvalue weighted by molar-refractivity contribution is 0.590. The van der Waals surface area contributed by atoms with Crippen molar-refractivity contribution in [2.75, 3.05) is 0 Å². The lowest BCUT2D eigenvalue weighted by Gasteiger charge is -2.19. The van der Waals surface area contributed by atoms with Crippen LogP contribution in [0.3, 0.4) is 0 Å². The lowest BCUT2D eigenvalue weighted by atomic mass is 9.85.